The van der Waals surface area contributed by atoms with Gasteiger partial charge in [0.05, 0.1) is 0 Å². The highest BCUT2D eigenvalue weighted by Crippen LogP contribution is 2.32. The summed E-state index contributed by atoms with van der Waals surface area (Å²) in [5.74, 6) is 1.73. The summed E-state index contributed by atoms with van der Waals surface area (Å²) >= 11 is 0. The lowest BCUT2D eigenvalue weighted by atomic mass is 10.1. The third kappa shape index (κ3) is 3.85. The number of benzene rings is 1. The Morgan fingerprint density at radius 3 is 2.74 bits per heavy atom. The van der Waals surface area contributed by atoms with Crippen LogP contribution in [-0.2, 0) is 6.42 Å². The van der Waals surface area contributed by atoms with E-state index in [0.29, 0.717) is 6.79 Å². The molecule has 0 bridgehead atoms. The molecule has 1 N–H and O–H groups in total. The molecule has 2 rings (SSSR count). The van der Waals surface area contributed by atoms with Crippen molar-refractivity contribution in [3.63, 3.8) is 0 Å². The topological polar surface area (TPSA) is 33.7 Å². The second-order valence-electron chi connectivity index (χ2n) is 5.81. The molecule has 0 aromatic heterocycles. The molecule has 0 unspecified atom stereocenters. The number of likely N-dealkylation sites (N-methyl/N-ethyl adjacent to an activating group) is 2. The normalized spacial score (nSPS) is 14.2. The molecule has 1 aromatic rings. The highest BCUT2D eigenvalue weighted by atomic mass is 16.7. The fraction of sp³-hybridized carbons (Fsp3) is 0.600. The van der Waals surface area contributed by atoms with Crippen LogP contribution in [0.25, 0.3) is 0 Å². The third-order valence-corrected chi connectivity index (χ3v) is 3.56. The molecule has 1 aromatic carbocycles. The molecule has 0 fully saturated rings. The van der Waals surface area contributed by atoms with Crippen LogP contribution in [0.2, 0.25) is 0 Å². The summed E-state index contributed by atoms with van der Waals surface area (Å²) in [5, 5.41) is 3.33. The van der Waals surface area contributed by atoms with Crippen LogP contribution in [0.5, 0.6) is 11.5 Å². The average molecular weight is 264 g/mol. The molecule has 0 amide bonds. The van der Waals surface area contributed by atoms with Crippen molar-refractivity contribution in [2.45, 2.75) is 25.8 Å². The summed E-state index contributed by atoms with van der Waals surface area (Å²) in [4.78, 5) is 2.35. The Bertz CT molecular complexity index is 432. The Balaban J connectivity index is 1.85. The van der Waals surface area contributed by atoms with Gasteiger partial charge in [-0.15, -0.1) is 0 Å². The lowest BCUT2D eigenvalue weighted by molar-refractivity contribution is 0.174. The fourth-order valence-corrected chi connectivity index (χ4v) is 2.25. The molecule has 0 saturated heterocycles. The van der Waals surface area contributed by atoms with Gasteiger partial charge in [0.1, 0.15) is 0 Å². The molecular formula is C15H24N2O2. The zero-order valence-electron chi connectivity index (χ0n) is 12.3. The third-order valence-electron chi connectivity index (χ3n) is 3.56. The van der Waals surface area contributed by atoms with Crippen LogP contribution in [-0.4, -0.2) is 44.4 Å². The summed E-state index contributed by atoms with van der Waals surface area (Å²) in [7, 11) is 4.16. The van der Waals surface area contributed by atoms with Gasteiger partial charge in [0.15, 0.2) is 11.5 Å². The number of ether oxygens (including phenoxy) is 2. The second kappa shape index (κ2) is 5.80. The van der Waals surface area contributed by atoms with Crippen LogP contribution in [0.15, 0.2) is 18.2 Å². The van der Waals surface area contributed by atoms with E-state index in [1.165, 1.54) is 5.56 Å². The molecule has 1 heterocycles. The van der Waals surface area contributed by atoms with E-state index < -0.39 is 0 Å². The van der Waals surface area contributed by atoms with E-state index in [4.69, 9.17) is 9.47 Å². The first-order valence-corrected chi connectivity index (χ1v) is 6.76. The number of rotatable bonds is 6. The van der Waals surface area contributed by atoms with E-state index in [-0.39, 0.29) is 5.54 Å². The predicted molar refractivity (Wildman–Crippen MR) is 76.9 cm³/mol. The number of fused-ring (bicyclic) bond motifs is 1. The molecule has 0 spiro atoms. The molecule has 4 heteroatoms. The minimum Gasteiger partial charge on any atom is -0.454 e. The van der Waals surface area contributed by atoms with Gasteiger partial charge >= 0.3 is 0 Å². The van der Waals surface area contributed by atoms with Crippen LogP contribution in [0, 0.1) is 0 Å². The summed E-state index contributed by atoms with van der Waals surface area (Å²) in [6.45, 7) is 6.82. The van der Waals surface area contributed by atoms with Crippen LogP contribution in [0.4, 0.5) is 0 Å². The predicted octanol–water partition coefficient (Wildman–Crippen LogP) is 1.89. The minimum absolute atomic E-state index is 0.142. The Morgan fingerprint density at radius 2 is 2.00 bits per heavy atom. The second-order valence-corrected chi connectivity index (χ2v) is 5.81. The van der Waals surface area contributed by atoms with Crippen molar-refractivity contribution < 1.29 is 9.47 Å². The van der Waals surface area contributed by atoms with Crippen molar-refractivity contribution in [3.05, 3.63) is 23.8 Å². The van der Waals surface area contributed by atoms with Crippen molar-refractivity contribution in [2.24, 2.45) is 0 Å². The molecule has 19 heavy (non-hydrogen) atoms. The first-order valence-electron chi connectivity index (χ1n) is 6.76. The van der Waals surface area contributed by atoms with Gasteiger partial charge in [-0.1, -0.05) is 6.07 Å². The molecule has 1 aliphatic rings. The molecule has 106 valence electrons. The maximum absolute atomic E-state index is 5.40. The summed E-state index contributed by atoms with van der Waals surface area (Å²) in [5.41, 5.74) is 1.43. The maximum atomic E-state index is 5.40. The van der Waals surface area contributed by atoms with Crippen molar-refractivity contribution >= 4 is 0 Å². The van der Waals surface area contributed by atoms with Crippen molar-refractivity contribution in [1.82, 2.24) is 10.2 Å². The maximum Gasteiger partial charge on any atom is 0.231 e. The zero-order valence-corrected chi connectivity index (χ0v) is 12.3. The largest absolute Gasteiger partial charge is 0.454 e. The van der Waals surface area contributed by atoms with Gasteiger partial charge in [0.25, 0.3) is 0 Å². The van der Waals surface area contributed by atoms with Gasteiger partial charge in [-0.3, -0.25) is 0 Å². The summed E-state index contributed by atoms with van der Waals surface area (Å²) in [6, 6.07) is 6.19. The van der Waals surface area contributed by atoms with E-state index in [1.807, 2.05) is 13.1 Å². The van der Waals surface area contributed by atoms with Gasteiger partial charge in [0, 0.05) is 18.6 Å². The van der Waals surface area contributed by atoms with Gasteiger partial charge in [0.2, 0.25) is 6.79 Å². The van der Waals surface area contributed by atoms with Gasteiger partial charge in [-0.2, -0.15) is 0 Å². The number of hydrogen-bond acceptors (Lipinski definition) is 4. The molecule has 0 aliphatic carbocycles. The molecule has 0 radical (unpaired) electrons. The Kier molecular flexibility index (Phi) is 4.32. The van der Waals surface area contributed by atoms with Gasteiger partial charge in [-0.05, 0) is 52.1 Å². The van der Waals surface area contributed by atoms with E-state index in [9.17, 15) is 0 Å². The Labute approximate surface area is 115 Å². The lowest BCUT2D eigenvalue weighted by Crippen LogP contribution is -2.46. The zero-order chi connectivity index (χ0) is 13.9. The first kappa shape index (κ1) is 14.2. The molecule has 0 saturated carbocycles. The number of nitrogens with zero attached hydrogens (tertiary/aromatic N) is 1. The number of hydrogen-bond donors (Lipinski definition) is 1. The van der Waals surface area contributed by atoms with E-state index >= 15 is 0 Å². The standard InChI is InChI=1S/C15H24N2O2/c1-15(2,16-3)10-17(4)8-7-12-5-6-13-14(9-12)19-11-18-13/h5-6,9,16H,7-8,10-11H2,1-4H3. The first-order chi connectivity index (χ1) is 9.00. The SMILES string of the molecule is CNC(C)(C)CN(C)CCc1ccc2c(c1)OCO2. The van der Waals surface area contributed by atoms with E-state index in [0.717, 1.165) is 31.0 Å². The Hall–Kier alpha value is -1.26. The Morgan fingerprint density at radius 1 is 1.26 bits per heavy atom. The van der Waals surface area contributed by atoms with E-state index in [1.54, 1.807) is 0 Å². The van der Waals surface area contributed by atoms with Crippen LogP contribution in [0.1, 0.15) is 19.4 Å². The van der Waals surface area contributed by atoms with Crippen molar-refractivity contribution in [1.29, 1.82) is 0 Å². The summed E-state index contributed by atoms with van der Waals surface area (Å²) in [6.07, 6.45) is 1.02. The quantitative estimate of drug-likeness (QED) is 0.850. The van der Waals surface area contributed by atoms with Crippen molar-refractivity contribution in [3.8, 4) is 11.5 Å². The van der Waals surface area contributed by atoms with Crippen molar-refractivity contribution in [2.75, 3.05) is 34.0 Å². The van der Waals surface area contributed by atoms with Gasteiger partial charge < -0.3 is 19.7 Å². The molecule has 4 nitrogen and oxygen atoms in total. The number of nitrogens with one attached hydrogen (secondary N) is 1. The average Bonchev–Trinajstić information content (AvgIpc) is 2.83. The van der Waals surface area contributed by atoms with E-state index in [2.05, 4.69) is 43.2 Å². The monoisotopic (exact) mass is 264 g/mol. The highest BCUT2D eigenvalue weighted by Gasteiger charge is 2.17. The lowest BCUT2D eigenvalue weighted by Gasteiger charge is -2.30. The van der Waals surface area contributed by atoms with Crippen LogP contribution in [0.3, 0.4) is 0 Å². The summed E-state index contributed by atoms with van der Waals surface area (Å²) < 4.78 is 10.7. The van der Waals surface area contributed by atoms with Gasteiger partial charge in [-0.25, -0.2) is 0 Å². The molecule has 0 atom stereocenters. The smallest absolute Gasteiger partial charge is 0.231 e. The van der Waals surface area contributed by atoms with Crippen LogP contribution >= 0.6 is 0 Å². The molecular weight excluding hydrogens is 240 g/mol. The van der Waals surface area contributed by atoms with Crippen LogP contribution < -0.4 is 14.8 Å². The molecule has 1 aliphatic heterocycles. The minimum atomic E-state index is 0.142. The fourth-order valence-electron chi connectivity index (χ4n) is 2.25. The highest BCUT2D eigenvalue weighted by molar-refractivity contribution is 5.44.